The highest BCUT2D eigenvalue weighted by Crippen LogP contribution is 2.45. The fourth-order valence-corrected chi connectivity index (χ4v) is 2.66. The minimum atomic E-state index is -0.847. The molecule has 0 aliphatic heterocycles. The molecule has 2 aliphatic rings. The number of carboxylic acids is 1. The Morgan fingerprint density at radius 2 is 2.18 bits per heavy atom. The third-order valence-corrected chi connectivity index (χ3v) is 3.60. The molecule has 1 heterocycles. The molecule has 0 saturated heterocycles. The number of rotatable bonds is 3. The number of ketones is 1. The topological polar surface area (TPSA) is 67.5 Å². The molecule has 4 heteroatoms. The van der Waals surface area contributed by atoms with E-state index in [1.807, 2.05) is 0 Å². The predicted molar refractivity (Wildman–Crippen MR) is 59.1 cm³/mol. The third kappa shape index (κ3) is 1.88. The Bertz CT molecular complexity index is 482. The van der Waals surface area contributed by atoms with Gasteiger partial charge in [-0.15, -0.1) is 0 Å². The Morgan fingerprint density at radius 3 is 2.82 bits per heavy atom. The van der Waals surface area contributed by atoms with Gasteiger partial charge < -0.3 is 9.52 Å². The fourth-order valence-electron chi connectivity index (χ4n) is 2.66. The molecule has 4 nitrogen and oxygen atoms in total. The van der Waals surface area contributed by atoms with Crippen LogP contribution in [-0.4, -0.2) is 16.9 Å². The van der Waals surface area contributed by atoms with Gasteiger partial charge in [0.2, 0.25) is 0 Å². The minimum Gasteiger partial charge on any atom is -0.481 e. The van der Waals surface area contributed by atoms with Crippen molar-refractivity contribution < 1.29 is 19.1 Å². The lowest BCUT2D eigenvalue weighted by Gasteiger charge is -2.19. The molecule has 0 aromatic carbocycles. The monoisotopic (exact) mass is 234 g/mol. The normalized spacial score (nSPS) is 23.5. The van der Waals surface area contributed by atoms with Gasteiger partial charge in [-0.25, -0.2) is 0 Å². The molecule has 0 radical (unpaired) electrons. The maximum absolute atomic E-state index is 12.0. The number of fused-ring (bicyclic) bond motifs is 1. The van der Waals surface area contributed by atoms with Crippen molar-refractivity contribution in [1.82, 2.24) is 0 Å². The Balaban J connectivity index is 1.87. The smallest absolute Gasteiger partial charge is 0.303 e. The molecular weight excluding hydrogens is 220 g/mol. The van der Waals surface area contributed by atoms with E-state index in [1.54, 1.807) is 6.26 Å². The molecule has 3 rings (SSSR count). The molecule has 1 aromatic rings. The molecule has 17 heavy (non-hydrogen) atoms. The van der Waals surface area contributed by atoms with Crippen molar-refractivity contribution in [3.8, 4) is 0 Å². The number of carbonyl (C=O) groups is 2. The summed E-state index contributed by atoms with van der Waals surface area (Å²) >= 11 is 0. The highest BCUT2D eigenvalue weighted by Gasteiger charge is 2.36. The molecule has 0 spiro atoms. The highest BCUT2D eigenvalue weighted by molar-refractivity contribution is 6.00. The second kappa shape index (κ2) is 3.72. The van der Waals surface area contributed by atoms with E-state index >= 15 is 0 Å². The summed E-state index contributed by atoms with van der Waals surface area (Å²) in [7, 11) is 0. The summed E-state index contributed by atoms with van der Waals surface area (Å²) in [5, 5.41) is 8.76. The highest BCUT2D eigenvalue weighted by atomic mass is 16.4. The van der Waals surface area contributed by atoms with Crippen LogP contribution in [0.25, 0.3) is 0 Å². The van der Waals surface area contributed by atoms with Crippen LogP contribution in [-0.2, 0) is 11.2 Å². The summed E-state index contributed by atoms with van der Waals surface area (Å²) in [5.41, 5.74) is 1.81. The first kappa shape index (κ1) is 10.6. The summed E-state index contributed by atoms with van der Waals surface area (Å²) in [4.78, 5) is 22.7. The molecule has 0 bridgehead atoms. The fraction of sp³-hybridized carbons (Fsp3) is 0.538. The molecule has 1 fully saturated rings. The number of hydrogen-bond acceptors (Lipinski definition) is 3. The summed E-state index contributed by atoms with van der Waals surface area (Å²) in [6.07, 6.45) is 4.95. The van der Waals surface area contributed by atoms with Crippen molar-refractivity contribution in [3.05, 3.63) is 23.2 Å². The lowest BCUT2D eigenvalue weighted by molar-refractivity contribution is -0.138. The molecule has 2 aliphatic carbocycles. The van der Waals surface area contributed by atoms with Crippen LogP contribution >= 0.6 is 0 Å². The zero-order valence-corrected chi connectivity index (χ0v) is 9.44. The first-order chi connectivity index (χ1) is 8.15. The predicted octanol–water partition coefficient (Wildman–Crippen LogP) is 2.38. The van der Waals surface area contributed by atoms with Crippen molar-refractivity contribution in [2.75, 3.05) is 0 Å². The first-order valence-corrected chi connectivity index (χ1v) is 6.00. The largest absolute Gasteiger partial charge is 0.481 e. The van der Waals surface area contributed by atoms with Gasteiger partial charge in [0.1, 0.15) is 5.76 Å². The zero-order valence-electron chi connectivity index (χ0n) is 9.44. The van der Waals surface area contributed by atoms with Gasteiger partial charge in [0.25, 0.3) is 0 Å². The first-order valence-electron chi connectivity index (χ1n) is 6.00. The quantitative estimate of drug-likeness (QED) is 0.871. The van der Waals surface area contributed by atoms with Gasteiger partial charge >= 0.3 is 5.97 Å². The van der Waals surface area contributed by atoms with Crippen LogP contribution in [0.1, 0.15) is 53.3 Å². The maximum Gasteiger partial charge on any atom is 0.303 e. The number of hydrogen-bond donors (Lipinski definition) is 1. The van der Waals surface area contributed by atoms with E-state index in [9.17, 15) is 9.59 Å². The number of furan rings is 1. The van der Waals surface area contributed by atoms with E-state index in [4.69, 9.17) is 9.52 Å². The summed E-state index contributed by atoms with van der Waals surface area (Å²) in [6, 6.07) is 0. The maximum atomic E-state index is 12.0. The van der Waals surface area contributed by atoms with E-state index in [-0.39, 0.29) is 18.1 Å². The molecule has 1 unspecified atom stereocenters. The van der Waals surface area contributed by atoms with Gasteiger partial charge in [0, 0.05) is 24.8 Å². The van der Waals surface area contributed by atoms with Crippen LogP contribution < -0.4 is 0 Å². The Morgan fingerprint density at radius 1 is 1.41 bits per heavy atom. The van der Waals surface area contributed by atoms with Crippen LogP contribution in [0.3, 0.4) is 0 Å². The summed E-state index contributed by atoms with van der Waals surface area (Å²) in [6.45, 7) is 0. The van der Waals surface area contributed by atoms with Gasteiger partial charge in [-0.2, -0.15) is 0 Å². The lowest BCUT2D eigenvalue weighted by atomic mass is 9.83. The zero-order chi connectivity index (χ0) is 12.0. The van der Waals surface area contributed by atoms with Gasteiger partial charge in [0.05, 0.1) is 11.8 Å². The van der Waals surface area contributed by atoms with Gasteiger partial charge in [-0.3, -0.25) is 9.59 Å². The van der Waals surface area contributed by atoms with Crippen molar-refractivity contribution >= 4 is 11.8 Å². The third-order valence-electron chi connectivity index (χ3n) is 3.60. The van der Waals surface area contributed by atoms with E-state index < -0.39 is 5.97 Å². The van der Waals surface area contributed by atoms with E-state index in [0.29, 0.717) is 24.5 Å². The minimum absolute atomic E-state index is 0.0463. The van der Waals surface area contributed by atoms with Crippen LogP contribution in [0.4, 0.5) is 0 Å². The van der Waals surface area contributed by atoms with Crippen LogP contribution in [0, 0.1) is 5.92 Å². The van der Waals surface area contributed by atoms with Gasteiger partial charge in [-0.05, 0) is 24.7 Å². The average Bonchev–Trinajstić information content (AvgIpc) is 2.98. The van der Waals surface area contributed by atoms with Crippen LogP contribution in [0.5, 0.6) is 0 Å². The Labute approximate surface area is 98.6 Å². The second-order valence-corrected chi connectivity index (χ2v) is 5.06. The second-order valence-electron chi connectivity index (χ2n) is 5.06. The molecule has 1 N–H and O–H groups in total. The Hall–Kier alpha value is -1.58. The van der Waals surface area contributed by atoms with Gasteiger partial charge in [-0.1, -0.05) is 0 Å². The molecule has 1 atom stereocenters. The molecule has 1 aromatic heterocycles. The van der Waals surface area contributed by atoms with E-state index in [2.05, 4.69) is 0 Å². The number of aliphatic carboxylic acids is 1. The van der Waals surface area contributed by atoms with E-state index in [0.717, 1.165) is 24.0 Å². The molecule has 0 amide bonds. The number of carbonyl (C=O) groups excluding carboxylic acids is 1. The van der Waals surface area contributed by atoms with Crippen LogP contribution in [0.2, 0.25) is 0 Å². The average molecular weight is 234 g/mol. The summed E-state index contributed by atoms with van der Waals surface area (Å²) < 4.78 is 5.46. The van der Waals surface area contributed by atoms with Crippen molar-refractivity contribution in [2.24, 2.45) is 5.92 Å². The SMILES string of the molecule is O=C(O)CC1CC(=O)c2c(C3CC3)coc2C1. The van der Waals surface area contributed by atoms with Crippen molar-refractivity contribution in [3.63, 3.8) is 0 Å². The molecule has 1 saturated carbocycles. The molecule has 90 valence electrons. The lowest BCUT2D eigenvalue weighted by Crippen LogP contribution is -2.22. The van der Waals surface area contributed by atoms with E-state index in [1.165, 1.54) is 0 Å². The van der Waals surface area contributed by atoms with Crippen molar-refractivity contribution in [1.29, 1.82) is 0 Å². The van der Waals surface area contributed by atoms with Crippen LogP contribution in [0.15, 0.2) is 10.7 Å². The standard InChI is InChI=1S/C13H14O4/c14-10-3-7(5-12(15)16)4-11-13(10)9(6-17-11)8-1-2-8/h6-8H,1-5H2,(H,15,16). The van der Waals surface area contributed by atoms with Gasteiger partial charge in [0.15, 0.2) is 5.78 Å². The Kier molecular flexibility index (Phi) is 2.31. The number of Topliss-reactive ketones (excluding diaryl/α,β-unsaturated/α-hetero) is 1. The van der Waals surface area contributed by atoms with Crippen molar-refractivity contribution in [2.45, 2.75) is 38.0 Å². The summed E-state index contributed by atoms with van der Waals surface area (Å²) in [5.74, 6) is 0.316. The number of carboxylic acid groups (broad SMARTS) is 1. The molecular formula is C13H14O4.